The molecule has 0 saturated heterocycles. The first kappa shape index (κ1) is 16.4. The van der Waals surface area contributed by atoms with Gasteiger partial charge in [-0.15, -0.1) is 0 Å². The summed E-state index contributed by atoms with van der Waals surface area (Å²) in [7, 11) is 0. The molecule has 0 aromatic rings. The molecule has 2 heteroatoms. The molecule has 0 atom stereocenters. The monoisotopic (exact) mass is 203 g/mol. The van der Waals surface area contributed by atoms with Crippen LogP contribution in [0.25, 0.3) is 0 Å². The fraction of sp³-hybridized carbons (Fsp3) is 1.00. The molecule has 0 heterocycles. The van der Waals surface area contributed by atoms with Crippen LogP contribution in [0.4, 0.5) is 0 Å². The van der Waals surface area contributed by atoms with Crippen LogP contribution in [0.5, 0.6) is 0 Å². The van der Waals surface area contributed by atoms with E-state index in [9.17, 15) is 0 Å². The van der Waals surface area contributed by atoms with E-state index in [4.69, 9.17) is 10.8 Å². The second-order valence-corrected chi connectivity index (χ2v) is 5.80. The van der Waals surface area contributed by atoms with Crippen molar-refractivity contribution < 1.29 is 5.11 Å². The van der Waals surface area contributed by atoms with Crippen LogP contribution in [0, 0.1) is 5.41 Å². The number of hydrogen-bond acceptors (Lipinski definition) is 2. The second kappa shape index (κ2) is 7.24. The van der Waals surface area contributed by atoms with E-state index in [0.717, 1.165) is 19.3 Å². The average Bonchev–Trinajstić information content (AvgIpc) is 1.81. The minimum Gasteiger partial charge on any atom is -0.396 e. The van der Waals surface area contributed by atoms with Crippen LogP contribution in [0.3, 0.4) is 0 Å². The first-order valence-corrected chi connectivity index (χ1v) is 5.52. The summed E-state index contributed by atoms with van der Waals surface area (Å²) in [6.07, 6.45) is 3.11. The molecule has 0 spiro atoms. The maximum absolute atomic E-state index is 8.07. The van der Waals surface area contributed by atoms with E-state index in [1.54, 1.807) is 0 Å². The van der Waals surface area contributed by atoms with Crippen LogP contribution in [0.2, 0.25) is 0 Å². The predicted molar refractivity (Wildman–Crippen MR) is 64.3 cm³/mol. The molecule has 0 aliphatic rings. The van der Waals surface area contributed by atoms with E-state index in [-0.39, 0.29) is 5.54 Å². The molecule has 0 aromatic heterocycles. The van der Waals surface area contributed by atoms with Gasteiger partial charge >= 0.3 is 0 Å². The van der Waals surface area contributed by atoms with E-state index in [1.165, 1.54) is 0 Å². The number of unbranched alkanes of at least 4 members (excludes halogenated alkanes) is 1. The van der Waals surface area contributed by atoms with E-state index in [1.807, 2.05) is 0 Å². The molecular weight excluding hydrogens is 174 g/mol. The topological polar surface area (TPSA) is 46.2 Å². The Bertz CT molecular complexity index is 105. The number of aliphatic hydroxyl groups excluding tert-OH is 1. The Morgan fingerprint density at radius 1 is 1.07 bits per heavy atom. The van der Waals surface area contributed by atoms with Gasteiger partial charge in [0.1, 0.15) is 0 Å². The Balaban J connectivity index is 0. The SMILES string of the molecule is CC(C)(C)CC(C)(C)N.CCCCO. The van der Waals surface area contributed by atoms with Crippen molar-refractivity contribution in [3.63, 3.8) is 0 Å². The van der Waals surface area contributed by atoms with Gasteiger partial charge in [0.15, 0.2) is 0 Å². The highest BCUT2D eigenvalue weighted by atomic mass is 16.2. The van der Waals surface area contributed by atoms with Gasteiger partial charge in [0, 0.05) is 12.1 Å². The van der Waals surface area contributed by atoms with Gasteiger partial charge in [0.05, 0.1) is 0 Å². The van der Waals surface area contributed by atoms with Crippen LogP contribution < -0.4 is 5.73 Å². The van der Waals surface area contributed by atoms with Gasteiger partial charge in [-0.2, -0.15) is 0 Å². The predicted octanol–water partition coefficient (Wildman–Crippen LogP) is 2.94. The third-order valence-electron chi connectivity index (χ3n) is 1.50. The molecule has 0 amide bonds. The Hall–Kier alpha value is -0.0800. The van der Waals surface area contributed by atoms with E-state index in [2.05, 4.69) is 41.5 Å². The fourth-order valence-electron chi connectivity index (χ4n) is 1.52. The van der Waals surface area contributed by atoms with Gasteiger partial charge < -0.3 is 10.8 Å². The zero-order valence-electron chi connectivity index (χ0n) is 10.9. The summed E-state index contributed by atoms with van der Waals surface area (Å²) in [5.74, 6) is 0. The molecule has 0 fully saturated rings. The summed E-state index contributed by atoms with van der Waals surface area (Å²) >= 11 is 0. The molecule has 14 heavy (non-hydrogen) atoms. The maximum atomic E-state index is 8.07. The van der Waals surface area contributed by atoms with Crippen molar-refractivity contribution in [2.75, 3.05) is 6.61 Å². The number of rotatable bonds is 3. The summed E-state index contributed by atoms with van der Waals surface area (Å²) in [5, 5.41) is 8.07. The highest BCUT2D eigenvalue weighted by Gasteiger charge is 2.20. The Morgan fingerprint density at radius 2 is 1.50 bits per heavy atom. The average molecular weight is 203 g/mol. The standard InChI is InChI=1S/C8H19N.C4H10O/c1-7(2,3)6-8(4,5)9;1-2-3-4-5/h6,9H2,1-5H3;5H,2-4H2,1H3. The molecule has 0 aliphatic heterocycles. The normalized spacial score (nSPS) is 12.0. The lowest BCUT2D eigenvalue weighted by molar-refractivity contribution is 0.286. The second-order valence-electron chi connectivity index (χ2n) is 5.80. The Morgan fingerprint density at radius 3 is 1.50 bits per heavy atom. The van der Waals surface area contributed by atoms with Gasteiger partial charge in [0.2, 0.25) is 0 Å². The zero-order valence-corrected chi connectivity index (χ0v) is 10.9. The van der Waals surface area contributed by atoms with Crippen LogP contribution in [0.1, 0.15) is 60.8 Å². The lowest BCUT2D eigenvalue weighted by Gasteiger charge is -2.28. The lowest BCUT2D eigenvalue weighted by Crippen LogP contribution is -2.36. The van der Waals surface area contributed by atoms with Crippen LogP contribution in [-0.4, -0.2) is 17.3 Å². The first-order chi connectivity index (χ1) is 6.12. The molecule has 88 valence electrons. The van der Waals surface area contributed by atoms with Crippen molar-refractivity contribution >= 4 is 0 Å². The number of nitrogens with two attached hydrogens (primary N) is 1. The van der Waals surface area contributed by atoms with Crippen molar-refractivity contribution in [1.29, 1.82) is 0 Å². The van der Waals surface area contributed by atoms with E-state index >= 15 is 0 Å². The molecule has 0 rings (SSSR count). The third-order valence-corrected chi connectivity index (χ3v) is 1.50. The smallest absolute Gasteiger partial charge is 0.0430 e. The van der Waals surface area contributed by atoms with Gasteiger partial charge in [0.25, 0.3) is 0 Å². The summed E-state index contributed by atoms with van der Waals surface area (Å²) in [6, 6.07) is 0. The van der Waals surface area contributed by atoms with E-state index in [0.29, 0.717) is 12.0 Å². The summed E-state index contributed by atoms with van der Waals surface area (Å²) in [4.78, 5) is 0. The summed E-state index contributed by atoms with van der Waals surface area (Å²) < 4.78 is 0. The maximum Gasteiger partial charge on any atom is 0.0430 e. The zero-order chi connectivity index (χ0) is 11.8. The minimum absolute atomic E-state index is 0.0156. The molecule has 3 N–H and O–H groups in total. The fourth-order valence-corrected chi connectivity index (χ4v) is 1.52. The van der Waals surface area contributed by atoms with Crippen LogP contribution in [-0.2, 0) is 0 Å². The Kier molecular flexibility index (Phi) is 8.46. The van der Waals surface area contributed by atoms with Crippen molar-refractivity contribution in [3.05, 3.63) is 0 Å². The van der Waals surface area contributed by atoms with Gasteiger partial charge in [-0.05, 0) is 32.1 Å². The highest BCUT2D eigenvalue weighted by Crippen LogP contribution is 2.24. The molecule has 0 aromatic carbocycles. The quantitative estimate of drug-likeness (QED) is 0.741. The van der Waals surface area contributed by atoms with Crippen LogP contribution >= 0.6 is 0 Å². The molecule has 0 saturated carbocycles. The van der Waals surface area contributed by atoms with Crippen molar-refractivity contribution in [3.8, 4) is 0 Å². The van der Waals surface area contributed by atoms with Gasteiger partial charge in [-0.3, -0.25) is 0 Å². The van der Waals surface area contributed by atoms with Crippen molar-refractivity contribution in [2.24, 2.45) is 11.1 Å². The molecule has 0 unspecified atom stereocenters. The molecule has 0 bridgehead atoms. The molecular formula is C12H29NO. The summed E-state index contributed by atoms with van der Waals surface area (Å²) in [5.41, 5.74) is 6.17. The minimum atomic E-state index is -0.0156. The first-order valence-electron chi connectivity index (χ1n) is 5.52. The van der Waals surface area contributed by atoms with Crippen molar-refractivity contribution in [1.82, 2.24) is 0 Å². The highest BCUT2D eigenvalue weighted by molar-refractivity contribution is 4.78. The third kappa shape index (κ3) is 22.7. The van der Waals surface area contributed by atoms with Crippen LogP contribution in [0.15, 0.2) is 0 Å². The van der Waals surface area contributed by atoms with Crippen molar-refractivity contribution in [2.45, 2.75) is 66.3 Å². The van der Waals surface area contributed by atoms with E-state index < -0.39 is 0 Å². The number of hydrogen-bond donors (Lipinski definition) is 2. The molecule has 2 nitrogen and oxygen atoms in total. The molecule has 0 radical (unpaired) electrons. The molecule has 0 aliphatic carbocycles. The largest absolute Gasteiger partial charge is 0.396 e. The van der Waals surface area contributed by atoms with Gasteiger partial charge in [-0.25, -0.2) is 0 Å². The lowest BCUT2D eigenvalue weighted by atomic mass is 9.82. The van der Waals surface area contributed by atoms with Gasteiger partial charge in [-0.1, -0.05) is 34.1 Å². The summed E-state index contributed by atoms with van der Waals surface area (Å²) in [6.45, 7) is 13.2. The Labute approximate surface area is 89.9 Å². The number of aliphatic hydroxyl groups is 1.